The van der Waals surface area contributed by atoms with Crippen LogP contribution in [-0.4, -0.2) is 61.5 Å². The van der Waals surface area contributed by atoms with Crippen molar-refractivity contribution in [2.45, 2.75) is 89.1 Å². The lowest BCUT2D eigenvalue weighted by Gasteiger charge is -2.37. The second-order valence-electron chi connectivity index (χ2n) is 18.4. The number of rotatable bonds is 23. The molecule has 3 amide bonds. The van der Waals surface area contributed by atoms with E-state index < -0.39 is 17.7 Å². The monoisotopic (exact) mass is 983 g/mol. The molecule has 0 aliphatic rings. The third kappa shape index (κ3) is 13.4. The van der Waals surface area contributed by atoms with Crippen molar-refractivity contribution < 1.29 is 19.1 Å². The molecule has 2 N–H and O–H groups in total. The number of carbonyl (C=O) groups excluding carboxylic acids is 3. The quantitative estimate of drug-likeness (QED) is 0.0610. The minimum Gasteiger partial charge on any atom is -0.444 e. The van der Waals surface area contributed by atoms with E-state index in [-0.39, 0.29) is 55.7 Å². The van der Waals surface area contributed by atoms with E-state index in [1.807, 2.05) is 109 Å². The SMILES string of the molecule is CC(C)c1nc(CN(C)C(=O)N[C@@H](Cc2cn(C(c3ccccc3)(c3ccccc3)c3ccccc3)cn2)C(=O)C[C@@H](CC[C@@H](Cc2ccccc2)NC(=O)OCc2cncs2)Cc2ccccc2)cs1. The molecule has 3 aromatic heterocycles. The maximum absolute atomic E-state index is 15.1. The molecule has 0 unspecified atom stereocenters. The van der Waals surface area contributed by atoms with E-state index in [2.05, 4.69) is 94.7 Å². The molecule has 71 heavy (non-hydrogen) atoms. The average molecular weight is 984 g/mol. The molecule has 3 atom stereocenters. The molecule has 0 saturated heterocycles. The number of benzene rings is 5. The van der Waals surface area contributed by atoms with Gasteiger partial charge in [0.15, 0.2) is 5.78 Å². The highest BCUT2D eigenvalue weighted by molar-refractivity contribution is 7.09. The van der Waals surface area contributed by atoms with Gasteiger partial charge in [-0.1, -0.05) is 166 Å². The van der Waals surface area contributed by atoms with Gasteiger partial charge in [0.1, 0.15) is 12.1 Å². The molecule has 0 aliphatic heterocycles. The Morgan fingerprint density at radius 1 is 0.704 bits per heavy atom. The van der Waals surface area contributed by atoms with E-state index in [1.165, 1.54) is 11.3 Å². The van der Waals surface area contributed by atoms with Crippen LogP contribution in [-0.2, 0) is 47.5 Å². The van der Waals surface area contributed by atoms with Gasteiger partial charge in [0.25, 0.3) is 0 Å². The lowest BCUT2D eigenvalue weighted by atomic mass is 9.77. The second-order valence-corrected chi connectivity index (χ2v) is 20.2. The van der Waals surface area contributed by atoms with Gasteiger partial charge in [-0.05, 0) is 59.4 Å². The number of nitrogens with one attached hydrogen (secondary N) is 2. The largest absolute Gasteiger partial charge is 0.444 e. The van der Waals surface area contributed by atoms with Crippen LogP contribution in [0.3, 0.4) is 0 Å². The van der Waals surface area contributed by atoms with Crippen LogP contribution in [0.25, 0.3) is 0 Å². The number of nitrogens with zero attached hydrogens (tertiary/aromatic N) is 5. The molecule has 8 rings (SSSR count). The number of aromatic nitrogens is 4. The van der Waals surface area contributed by atoms with Gasteiger partial charge >= 0.3 is 12.1 Å². The van der Waals surface area contributed by atoms with Gasteiger partial charge in [-0.2, -0.15) is 0 Å². The number of amides is 3. The predicted octanol–water partition coefficient (Wildman–Crippen LogP) is 11.6. The van der Waals surface area contributed by atoms with E-state index in [0.29, 0.717) is 31.4 Å². The van der Waals surface area contributed by atoms with Crippen LogP contribution >= 0.6 is 22.7 Å². The van der Waals surface area contributed by atoms with Crippen molar-refractivity contribution in [3.05, 3.63) is 230 Å². The van der Waals surface area contributed by atoms with Crippen molar-refractivity contribution in [2.75, 3.05) is 7.05 Å². The number of urea groups is 1. The number of carbonyl (C=O) groups is 3. The highest BCUT2D eigenvalue weighted by Crippen LogP contribution is 2.41. The molecule has 5 aromatic carbocycles. The molecule has 0 radical (unpaired) electrons. The van der Waals surface area contributed by atoms with Crippen LogP contribution in [0.2, 0.25) is 0 Å². The fourth-order valence-electron chi connectivity index (χ4n) is 9.20. The third-order valence-corrected chi connectivity index (χ3v) is 14.7. The van der Waals surface area contributed by atoms with E-state index in [4.69, 9.17) is 14.7 Å². The highest BCUT2D eigenvalue weighted by Gasteiger charge is 2.39. The van der Waals surface area contributed by atoms with Crippen LogP contribution in [0.4, 0.5) is 9.59 Å². The molecular weight excluding hydrogens is 923 g/mol. The van der Waals surface area contributed by atoms with Gasteiger partial charge in [-0.3, -0.25) is 9.78 Å². The number of Topliss-reactive ketones (excluding diaryl/α,β-unsaturated/α-hetero) is 1. The smallest absolute Gasteiger partial charge is 0.407 e. The highest BCUT2D eigenvalue weighted by atomic mass is 32.1. The Hall–Kier alpha value is -7.22. The maximum atomic E-state index is 15.1. The lowest BCUT2D eigenvalue weighted by molar-refractivity contribution is -0.121. The first-order valence-corrected chi connectivity index (χ1v) is 26.0. The van der Waals surface area contributed by atoms with Crippen molar-refractivity contribution in [3.8, 4) is 0 Å². The Balaban J connectivity index is 1.09. The van der Waals surface area contributed by atoms with E-state index in [9.17, 15) is 9.59 Å². The van der Waals surface area contributed by atoms with Crippen molar-refractivity contribution in [1.82, 2.24) is 35.1 Å². The molecule has 0 bridgehead atoms. The lowest BCUT2D eigenvalue weighted by Crippen LogP contribution is -2.48. The van der Waals surface area contributed by atoms with Gasteiger partial charge in [0.2, 0.25) is 0 Å². The maximum Gasteiger partial charge on any atom is 0.407 e. The van der Waals surface area contributed by atoms with Crippen LogP contribution in [0.1, 0.15) is 88.1 Å². The number of ether oxygens (including phenoxy) is 1. The fourth-order valence-corrected chi connectivity index (χ4v) is 10.5. The number of alkyl carbamates (subject to hydrolysis) is 1. The summed E-state index contributed by atoms with van der Waals surface area (Å²) in [5, 5.41) is 9.29. The zero-order valence-corrected chi connectivity index (χ0v) is 42.1. The summed E-state index contributed by atoms with van der Waals surface area (Å²) in [6.07, 6.45) is 7.82. The first-order valence-electron chi connectivity index (χ1n) is 24.2. The number of imidazole rings is 1. The molecule has 0 saturated carbocycles. The van der Waals surface area contributed by atoms with Gasteiger partial charge < -0.3 is 24.8 Å². The molecule has 8 aromatic rings. The van der Waals surface area contributed by atoms with E-state index in [1.54, 1.807) is 35.0 Å². The number of thiazole rings is 2. The molecule has 364 valence electrons. The van der Waals surface area contributed by atoms with Gasteiger partial charge in [0.05, 0.1) is 45.7 Å². The Labute approximate surface area is 425 Å². The standard InChI is InChI=1S/C58H61N7O4S2/c1-42(2)55-61-51(39-70-55)36-64(3)56(67)63-53(34-50-37-65(40-60-50)58(46-23-13-6-14-24-46,47-25-15-7-16-26-47)48-27-17-8-18-28-48)54(66)33-45(31-43-19-9-4-10-20-43)29-30-49(32-44-21-11-5-12-22-44)62-57(68)69-38-52-35-59-41-71-52/h4-28,35,37,39-42,45,49,53H,29-34,36,38H2,1-3H3,(H,62,68)(H,63,67)/t45-,49-,53-/m0/s1. The number of hydrogen-bond donors (Lipinski definition) is 2. The van der Waals surface area contributed by atoms with Gasteiger partial charge in [-0.25, -0.2) is 19.6 Å². The minimum atomic E-state index is -0.909. The predicted molar refractivity (Wildman–Crippen MR) is 282 cm³/mol. The molecule has 3 heterocycles. The first kappa shape index (κ1) is 50.2. The Bertz CT molecular complexity index is 2780. The molecule has 13 heteroatoms. The summed E-state index contributed by atoms with van der Waals surface area (Å²) in [7, 11) is 1.73. The molecule has 0 spiro atoms. The summed E-state index contributed by atoms with van der Waals surface area (Å²) in [4.78, 5) is 59.0. The summed E-state index contributed by atoms with van der Waals surface area (Å²) in [5.74, 6) is 0.0459. The molecular formula is C58H61N7O4S2. The zero-order chi connectivity index (χ0) is 49.4. The molecule has 11 nitrogen and oxygen atoms in total. The minimum absolute atomic E-state index is 0.102. The average Bonchev–Trinajstić information content (AvgIpc) is 4.21. The molecule has 0 aliphatic carbocycles. The van der Waals surface area contributed by atoms with Gasteiger partial charge in [0, 0.05) is 49.6 Å². The summed E-state index contributed by atoms with van der Waals surface area (Å²) >= 11 is 3.02. The third-order valence-electron chi connectivity index (χ3n) is 12.8. The van der Waals surface area contributed by atoms with Crippen LogP contribution < -0.4 is 10.6 Å². The zero-order valence-electron chi connectivity index (χ0n) is 40.5. The van der Waals surface area contributed by atoms with E-state index in [0.717, 1.165) is 43.4 Å². The Morgan fingerprint density at radius 2 is 1.28 bits per heavy atom. The summed E-state index contributed by atoms with van der Waals surface area (Å²) in [6.45, 7) is 4.63. The normalized spacial score (nSPS) is 12.7. The Kier molecular flexibility index (Phi) is 17.4. The number of ketones is 1. The van der Waals surface area contributed by atoms with Crippen LogP contribution in [0, 0.1) is 5.92 Å². The first-order chi connectivity index (χ1) is 34.6. The van der Waals surface area contributed by atoms with Crippen LogP contribution in [0.5, 0.6) is 0 Å². The van der Waals surface area contributed by atoms with Crippen molar-refractivity contribution in [3.63, 3.8) is 0 Å². The van der Waals surface area contributed by atoms with Crippen molar-refractivity contribution in [2.24, 2.45) is 5.92 Å². The summed E-state index contributed by atoms with van der Waals surface area (Å²) < 4.78 is 7.76. The van der Waals surface area contributed by atoms with Crippen molar-refractivity contribution in [1.29, 1.82) is 0 Å². The second kappa shape index (κ2) is 24.6. The van der Waals surface area contributed by atoms with Crippen LogP contribution in [0.15, 0.2) is 181 Å². The van der Waals surface area contributed by atoms with Gasteiger partial charge in [-0.15, -0.1) is 22.7 Å². The summed E-state index contributed by atoms with van der Waals surface area (Å²) in [5.41, 5.74) is 7.67. The Morgan fingerprint density at radius 3 is 1.83 bits per heavy atom. The number of hydrogen-bond acceptors (Lipinski definition) is 9. The fraction of sp³-hybridized carbons (Fsp3) is 0.276. The summed E-state index contributed by atoms with van der Waals surface area (Å²) in [6, 6.07) is 49.8. The molecule has 0 fully saturated rings. The van der Waals surface area contributed by atoms with E-state index >= 15 is 4.79 Å². The van der Waals surface area contributed by atoms with Crippen molar-refractivity contribution >= 4 is 40.6 Å². The topological polar surface area (TPSA) is 131 Å².